The smallest absolute Gasteiger partial charge is 0.332 e. The summed E-state index contributed by atoms with van der Waals surface area (Å²) in [5.41, 5.74) is 0.260. The Kier molecular flexibility index (Phi) is 6.26. The van der Waals surface area contributed by atoms with E-state index in [4.69, 9.17) is 4.74 Å². The van der Waals surface area contributed by atoms with Crippen LogP contribution in [-0.2, 0) is 30.2 Å². The van der Waals surface area contributed by atoms with E-state index >= 15 is 0 Å². The summed E-state index contributed by atoms with van der Waals surface area (Å²) < 4.78 is 7.69. The van der Waals surface area contributed by atoms with Gasteiger partial charge in [0.15, 0.2) is 0 Å². The Morgan fingerprint density at radius 3 is 2.30 bits per heavy atom. The highest BCUT2D eigenvalue weighted by Crippen LogP contribution is 2.24. The van der Waals surface area contributed by atoms with E-state index in [1.165, 1.54) is 17.7 Å². The summed E-state index contributed by atoms with van der Waals surface area (Å²) in [4.78, 5) is 55.3. The molecule has 1 atom stereocenters. The van der Waals surface area contributed by atoms with Crippen molar-refractivity contribution < 1.29 is 14.3 Å². The number of anilines is 1. The summed E-state index contributed by atoms with van der Waals surface area (Å²) >= 11 is 0. The average Bonchev–Trinajstić information content (AvgIpc) is 3.20. The van der Waals surface area contributed by atoms with Gasteiger partial charge in [0, 0.05) is 65.9 Å². The van der Waals surface area contributed by atoms with Gasteiger partial charge in [-0.1, -0.05) is 12.1 Å². The number of piperazine rings is 1. The van der Waals surface area contributed by atoms with Gasteiger partial charge >= 0.3 is 5.69 Å². The first-order chi connectivity index (χ1) is 15.8. The predicted octanol–water partition coefficient (Wildman–Crippen LogP) is -0.210. The average molecular weight is 456 g/mol. The Morgan fingerprint density at radius 1 is 1.00 bits per heavy atom. The van der Waals surface area contributed by atoms with E-state index in [0.717, 1.165) is 15.9 Å². The van der Waals surface area contributed by atoms with E-state index in [0.29, 0.717) is 45.1 Å². The number of aromatic nitrogens is 2. The third-order valence-electron chi connectivity index (χ3n) is 6.51. The summed E-state index contributed by atoms with van der Waals surface area (Å²) in [6, 6.07) is 9.01. The zero-order valence-electron chi connectivity index (χ0n) is 19.2. The van der Waals surface area contributed by atoms with Crippen molar-refractivity contribution in [2.24, 2.45) is 20.0 Å². The zero-order chi connectivity index (χ0) is 23.7. The van der Waals surface area contributed by atoms with Crippen LogP contribution in [0.3, 0.4) is 0 Å². The molecular formula is C23H29N5O5. The number of benzene rings is 1. The lowest BCUT2D eigenvalue weighted by Crippen LogP contribution is -2.52. The molecule has 2 fully saturated rings. The maximum absolute atomic E-state index is 13.1. The van der Waals surface area contributed by atoms with E-state index < -0.39 is 0 Å². The van der Waals surface area contributed by atoms with Gasteiger partial charge in [0.1, 0.15) is 11.6 Å². The lowest BCUT2D eigenvalue weighted by atomic mass is 10.1. The second kappa shape index (κ2) is 9.13. The van der Waals surface area contributed by atoms with Crippen LogP contribution in [0.15, 0.2) is 39.9 Å². The highest BCUT2D eigenvalue weighted by Gasteiger charge is 2.37. The van der Waals surface area contributed by atoms with Crippen molar-refractivity contribution in [3.8, 4) is 5.75 Å². The van der Waals surface area contributed by atoms with E-state index in [2.05, 4.69) is 0 Å². The molecule has 10 nitrogen and oxygen atoms in total. The fourth-order valence-electron chi connectivity index (χ4n) is 4.48. The number of carbonyl (C=O) groups excluding carboxylic acids is 2. The van der Waals surface area contributed by atoms with Gasteiger partial charge in [-0.25, -0.2) is 4.79 Å². The van der Waals surface area contributed by atoms with Gasteiger partial charge in [0.2, 0.25) is 11.8 Å². The van der Waals surface area contributed by atoms with Gasteiger partial charge < -0.3 is 19.4 Å². The molecule has 10 heteroatoms. The predicted molar refractivity (Wildman–Crippen MR) is 122 cm³/mol. The molecule has 0 N–H and O–H groups in total. The van der Waals surface area contributed by atoms with Gasteiger partial charge in [0.25, 0.3) is 5.56 Å². The van der Waals surface area contributed by atoms with E-state index in [1.807, 2.05) is 29.2 Å². The van der Waals surface area contributed by atoms with Crippen molar-refractivity contribution in [1.29, 1.82) is 0 Å². The molecule has 0 spiro atoms. The molecule has 2 amide bonds. The van der Waals surface area contributed by atoms with Gasteiger partial charge in [-0.05, 0) is 17.7 Å². The summed E-state index contributed by atoms with van der Waals surface area (Å²) in [7, 11) is 4.69. The molecule has 1 aromatic carbocycles. The van der Waals surface area contributed by atoms with Crippen molar-refractivity contribution in [1.82, 2.24) is 18.9 Å². The van der Waals surface area contributed by atoms with Crippen LogP contribution in [-0.4, -0.2) is 70.6 Å². The molecule has 176 valence electrons. The van der Waals surface area contributed by atoms with Gasteiger partial charge in [-0.15, -0.1) is 0 Å². The molecule has 2 aliphatic heterocycles. The van der Waals surface area contributed by atoms with Gasteiger partial charge in [-0.3, -0.25) is 23.5 Å². The fourth-order valence-corrected chi connectivity index (χ4v) is 4.48. The van der Waals surface area contributed by atoms with Crippen molar-refractivity contribution in [2.45, 2.75) is 13.0 Å². The molecule has 1 aromatic heterocycles. The molecule has 2 saturated heterocycles. The number of methoxy groups -OCH3 is 1. The first kappa shape index (κ1) is 22.6. The van der Waals surface area contributed by atoms with Crippen LogP contribution in [0.5, 0.6) is 5.75 Å². The van der Waals surface area contributed by atoms with Crippen molar-refractivity contribution in [3.05, 3.63) is 56.7 Å². The molecule has 0 unspecified atom stereocenters. The minimum absolute atomic E-state index is 0.0157. The van der Waals surface area contributed by atoms with Crippen LogP contribution >= 0.6 is 0 Å². The van der Waals surface area contributed by atoms with Crippen LogP contribution in [0.4, 0.5) is 5.82 Å². The Morgan fingerprint density at radius 2 is 1.67 bits per heavy atom. The number of hydrogen-bond acceptors (Lipinski definition) is 6. The van der Waals surface area contributed by atoms with Crippen LogP contribution in [0, 0.1) is 5.92 Å². The molecule has 2 aliphatic rings. The van der Waals surface area contributed by atoms with E-state index in [9.17, 15) is 19.2 Å². The maximum Gasteiger partial charge on any atom is 0.332 e. The van der Waals surface area contributed by atoms with Crippen LogP contribution in [0.25, 0.3) is 0 Å². The van der Waals surface area contributed by atoms with Gasteiger partial charge in [0.05, 0.1) is 13.0 Å². The number of amides is 2. The lowest BCUT2D eigenvalue weighted by molar-refractivity contribution is -0.136. The third kappa shape index (κ3) is 4.50. The van der Waals surface area contributed by atoms with E-state index in [1.54, 1.807) is 24.0 Å². The molecule has 0 aliphatic carbocycles. The normalized spacial score (nSPS) is 18.7. The zero-order valence-corrected chi connectivity index (χ0v) is 19.2. The number of likely N-dealkylation sites (tertiary alicyclic amines) is 1. The topological polar surface area (TPSA) is 97.1 Å². The largest absolute Gasteiger partial charge is 0.497 e. The Balaban J connectivity index is 1.36. The number of hydrogen-bond donors (Lipinski definition) is 0. The summed E-state index contributed by atoms with van der Waals surface area (Å²) in [5, 5.41) is 0. The van der Waals surface area contributed by atoms with Crippen LogP contribution in [0.2, 0.25) is 0 Å². The van der Waals surface area contributed by atoms with Crippen LogP contribution < -0.4 is 20.9 Å². The fraction of sp³-hybridized carbons (Fsp3) is 0.478. The Hall–Kier alpha value is -3.56. The molecule has 0 radical (unpaired) electrons. The number of ether oxygens (including phenoxy) is 1. The van der Waals surface area contributed by atoms with Crippen molar-refractivity contribution >= 4 is 17.6 Å². The first-order valence-electron chi connectivity index (χ1n) is 11.0. The molecule has 0 bridgehead atoms. The molecule has 4 rings (SSSR count). The minimum atomic E-state index is -0.377. The highest BCUT2D eigenvalue weighted by molar-refractivity contribution is 5.89. The summed E-state index contributed by atoms with van der Waals surface area (Å²) in [5.74, 6) is 0.929. The number of rotatable bonds is 5. The number of nitrogens with zero attached hydrogens (tertiary/aromatic N) is 5. The second-order valence-corrected chi connectivity index (χ2v) is 8.58. The SMILES string of the molecule is COc1ccc(CN2C[C@@H](C(=O)N3CCN(c4cc(=O)n(C)c(=O)n4C)CC3)CC2=O)cc1. The Labute approximate surface area is 191 Å². The third-order valence-corrected chi connectivity index (χ3v) is 6.51. The first-order valence-corrected chi connectivity index (χ1v) is 11.0. The van der Waals surface area contributed by atoms with Crippen LogP contribution in [0.1, 0.15) is 12.0 Å². The molecule has 0 saturated carbocycles. The second-order valence-electron chi connectivity index (χ2n) is 8.58. The quantitative estimate of drug-likeness (QED) is 0.619. The monoisotopic (exact) mass is 455 g/mol. The summed E-state index contributed by atoms with van der Waals surface area (Å²) in [6.45, 7) is 2.87. The maximum atomic E-state index is 13.1. The van der Waals surface area contributed by atoms with Gasteiger partial charge in [-0.2, -0.15) is 0 Å². The summed E-state index contributed by atoms with van der Waals surface area (Å²) in [6.07, 6.45) is 0.221. The standard InChI is InChI=1S/C23H29N5O5/c1-24-19(13-20(29)25(2)23(24)32)26-8-10-27(11-9-26)22(31)17-12-21(30)28(15-17)14-16-4-6-18(33-3)7-5-16/h4-7,13,17H,8-12,14-15H2,1-3H3/t17-/m0/s1. The van der Waals surface area contributed by atoms with Crippen molar-refractivity contribution in [3.63, 3.8) is 0 Å². The van der Waals surface area contributed by atoms with Crippen molar-refractivity contribution in [2.75, 3.05) is 44.7 Å². The lowest BCUT2D eigenvalue weighted by Gasteiger charge is -2.37. The van der Waals surface area contributed by atoms with E-state index in [-0.39, 0.29) is 35.4 Å². The minimum Gasteiger partial charge on any atom is -0.497 e. The number of carbonyl (C=O) groups is 2. The Bertz CT molecular complexity index is 1160. The molecule has 3 heterocycles. The highest BCUT2D eigenvalue weighted by atomic mass is 16.5. The molecule has 2 aromatic rings. The molecular weight excluding hydrogens is 426 g/mol. The molecule has 33 heavy (non-hydrogen) atoms.